The van der Waals surface area contributed by atoms with Gasteiger partial charge in [0.05, 0.1) is 17.9 Å². The molecule has 0 saturated heterocycles. The van der Waals surface area contributed by atoms with E-state index in [9.17, 15) is 4.79 Å². The Labute approximate surface area is 147 Å². The van der Waals surface area contributed by atoms with Crippen molar-refractivity contribution in [2.45, 2.75) is 33.9 Å². The molecule has 1 N–H and O–H groups in total. The summed E-state index contributed by atoms with van der Waals surface area (Å²) in [4.78, 5) is 12.5. The summed E-state index contributed by atoms with van der Waals surface area (Å²) in [6.45, 7) is 7.08. The highest BCUT2D eigenvalue weighted by Gasteiger charge is 2.09. The Kier molecular flexibility index (Phi) is 4.70. The minimum Gasteiger partial charge on any atom is -0.348 e. The number of nitrogens with zero attached hydrogens (tertiary/aromatic N) is 4. The summed E-state index contributed by atoms with van der Waals surface area (Å²) in [6, 6.07) is 9.72. The topological polar surface area (TPSA) is 64.7 Å². The lowest BCUT2D eigenvalue weighted by atomic mass is 10.1. The summed E-state index contributed by atoms with van der Waals surface area (Å²) in [5.41, 5.74) is 5.77. The van der Waals surface area contributed by atoms with Crippen molar-refractivity contribution in [2.75, 3.05) is 0 Å². The second-order valence-corrected chi connectivity index (χ2v) is 6.38. The average molecular weight is 337 g/mol. The fourth-order valence-corrected chi connectivity index (χ4v) is 2.92. The average Bonchev–Trinajstić information content (AvgIpc) is 3.05. The Bertz CT molecular complexity index is 906. The van der Waals surface area contributed by atoms with E-state index >= 15 is 0 Å². The number of aryl methyl sites for hydroxylation is 4. The first kappa shape index (κ1) is 17.0. The predicted octanol–water partition coefficient (Wildman–Crippen LogP) is 2.52. The molecule has 1 amide bonds. The molecule has 3 rings (SSSR count). The van der Waals surface area contributed by atoms with Gasteiger partial charge in [-0.05, 0) is 44.5 Å². The van der Waals surface area contributed by atoms with Crippen LogP contribution in [0.15, 0.2) is 36.5 Å². The first-order chi connectivity index (χ1) is 11.9. The Morgan fingerprint density at radius 1 is 1.16 bits per heavy atom. The second kappa shape index (κ2) is 6.93. The van der Waals surface area contributed by atoms with Gasteiger partial charge in [-0.2, -0.15) is 10.2 Å². The van der Waals surface area contributed by atoms with Crippen molar-refractivity contribution in [1.82, 2.24) is 24.9 Å². The van der Waals surface area contributed by atoms with Crippen molar-refractivity contribution >= 4 is 5.91 Å². The van der Waals surface area contributed by atoms with Crippen LogP contribution in [0.1, 0.15) is 38.6 Å². The number of aromatic nitrogens is 4. The molecule has 0 bridgehead atoms. The maximum Gasteiger partial charge on any atom is 0.251 e. The molecule has 0 aliphatic heterocycles. The predicted molar refractivity (Wildman–Crippen MR) is 96.4 cm³/mol. The third-order valence-corrected chi connectivity index (χ3v) is 4.18. The van der Waals surface area contributed by atoms with Gasteiger partial charge in [-0.1, -0.05) is 12.1 Å². The largest absolute Gasteiger partial charge is 0.348 e. The van der Waals surface area contributed by atoms with E-state index in [1.54, 1.807) is 4.68 Å². The van der Waals surface area contributed by atoms with Crippen LogP contribution in [-0.2, 0) is 20.1 Å². The Morgan fingerprint density at radius 2 is 1.96 bits per heavy atom. The van der Waals surface area contributed by atoms with E-state index in [-0.39, 0.29) is 5.91 Å². The van der Waals surface area contributed by atoms with Crippen molar-refractivity contribution in [2.24, 2.45) is 7.05 Å². The summed E-state index contributed by atoms with van der Waals surface area (Å²) >= 11 is 0. The molecule has 0 aliphatic carbocycles. The molecule has 2 heterocycles. The third kappa shape index (κ3) is 3.96. The molecule has 2 aromatic heterocycles. The zero-order valence-electron chi connectivity index (χ0n) is 15.1. The molecule has 0 atom stereocenters. The first-order valence-electron chi connectivity index (χ1n) is 8.29. The highest BCUT2D eigenvalue weighted by Crippen LogP contribution is 2.11. The van der Waals surface area contributed by atoms with Crippen molar-refractivity contribution in [1.29, 1.82) is 0 Å². The zero-order chi connectivity index (χ0) is 18.0. The molecule has 6 nitrogen and oxygen atoms in total. The molecule has 3 aromatic rings. The Hall–Kier alpha value is -2.89. The molecule has 0 fully saturated rings. The normalized spacial score (nSPS) is 10.9. The van der Waals surface area contributed by atoms with Crippen LogP contribution in [0.4, 0.5) is 0 Å². The van der Waals surface area contributed by atoms with Crippen LogP contribution in [0, 0.1) is 20.8 Å². The summed E-state index contributed by atoms with van der Waals surface area (Å²) in [5, 5.41) is 11.7. The van der Waals surface area contributed by atoms with Gasteiger partial charge in [0.2, 0.25) is 0 Å². The Morgan fingerprint density at radius 3 is 2.60 bits per heavy atom. The van der Waals surface area contributed by atoms with Gasteiger partial charge in [-0.3, -0.25) is 14.2 Å². The molecule has 1 aromatic carbocycles. The van der Waals surface area contributed by atoms with Gasteiger partial charge in [0.25, 0.3) is 5.91 Å². The van der Waals surface area contributed by atoms with Crippen molar-refractivity contribution < 1.29 is 4.79 Å². The summed E-state index contributed by atoms with van der Waals surface area (Å²) in [6.07, 6.45) is 1.93. The molecule has 6 heteroatoms. The van der Waals surface area contributed by atoms with Gasteiger partial charge in [0.1, 0.15) is 0 Å². The smallest absolute Gasteiger partial charge is 0.251 e. The van der Waals surface area contributed by atoms with Gasteiger partial charge < -0.3 is 5.32 Å². The van der Waals surface area contributed by atoms with Gasteiger partial charge in [0.15, 0.2) is 0 Å². The molecule has 0 saturated carbocycles. The molecule has 0 unspecified atom stereocenters. The number of hydrogen-bond acceptors (Lipinski definition) is 3. The maximum absolute atomic E-state index is 12.5. The number of hydrogen-bond donors (Lipinski definition) is 1. The zero-order valence-corrected chi connectivity index (χ0v) is 15.1. The van der Waals surface area contributed by atoms with E-state index in [0.717, 1.165) is 28.2 Å². The maximum atomic E-state index is 12.5. The molecule has 0 spiro atoms. The van der Waals surface area contributed by atoms with E-state index in [1.807, 2.05) is 69.0 Å². The van der Waals surface area contributed by atoms with Crippen molar-refractivity contribution in [3.63, 3.8) is 0 Å². The van der Waals surface area contributed by atoms with Crippen LogP contribution >= 0.6 is 0 Å². The van der Waals surface area contributed by atoms with Crippen LogP contribution in [-0.4, -0.2) is 25.5 Å². The van der Waals surface area contributed by atoms with Crippen LogP contribution in [0.5, 0.6) is 0 Å². The van der Waals surface area contributed by atoms with Crippen LogP contribution in [0.2, 0.25) is 0 Å². The van der Waals surface area contributed by atoms with Crippen LogP contribution < -0.4 is 5.32 Å². The van der Waals surface area contributed by atoms with Gasteiger partial charge >= 0.3 is 0 Å². The number of carbonyl (C=O) groups excluding carboxylic acids is 1. The molecule has 0 aliphatic rings. The summed E-state index contributed by atoms with van der Waals surface area (Å²) < 4.78 is 3.71. The third-order valence-electron chi connectivity index (χ3n) is 4.18. The van der Waals surface area contributed by atoms with E-state index in [0.29, 0.717) is 18.7 Å². The van der Waals surface area contributed by atoms with Gasteiger partial charge in [-0.15, -0.1) is 0 Å². The van der Waals surface area contributed by atoms with E-state index < -0.39 is 0 Å². The number of amides is 1. The second-order valence-electron chi connectivity index (χ2n) is 6.38. The number of carbonyl (C=O) groups is 1. The van der Waals surface area contributed by atoms with Crippen LogP contribution in [0.3, 0.4) is 0 Å². The van der Waals surface area contributed by atoms with E-state index in [1.165, 1.54) is 0 Å². The minimum absolute atomic E-state index is 0.0847. The van der Waals surface area contributed by atoms with Gasteiger partial charge in [-0.25, -0.2) is 0 Å². The molecule has 25 heavy (non-hydrogen) atoms. The molecule has 0 radical (unpaired) electrons. The monoisotopic (exact) mass is 337 g/mol. The number of rotatable bonds is 5. The quantitative estimate of drug-likeness (QED) is 0.778. The fourth-order valence-electron chi connectivity index (χ4n) is 2.92. The van der Waals surface area contributed by atoms with Crippen molar-refractivity contribution in [3.8, 4) is 0 Å². The SMILES string of the molecule is Cc1cc(C)n(Cc2cccc(C(=O)NCc3cn(C)nc3C)c2)n1. The Balaban J connectivity index is 1.69. The van der Waals surface area contributed by atoms with Crippen molar-refractivity contribution in [3.05, 3.63) is 70.3 Å². The minimum atomic E-state index is -0.0847. The first-order valence-corrected chi connectivity index (χ1v) is 8.29. The highest BCUT2D eigenvalue weighted by atomic mass is 16.1. The summed E-state index contributed by atoms with van der Waals surface area (Å²) in [5.74, 6) is -0.0847. The van der Waals surface area contributed by atoms with Gasteiger partial charge in [0, 0.05) is 36.6 Å². The summed E-state index contributed by atoms with van der Waals surface area (Å²) in [7, 11) is 1.88. The molecule has 130 valence electrons. The lowest BCUT2D eigenvalue weighted by molar-refractivity contribution is 0.0950. The lowest BCUT2D eigenvalue weighted by Gasteiger charge is -2.08. The van der Waals surface area contributed by atoms with Crippen LogP contribution in [0.25, 0.3) is 0 Å². The molecular weight excluding hydrogens is 314 g/mol. The standard InChI is InChI=1S/C19H23N5O/c1-13-8-14(2)24(21-13)11-16-6-5-7-17(9-16)19(25)20-10-18-12-23(4)22-15(18)3/h5-9,12H,10-11H2,1-4H3,(H,20,25). The fraction of sp³-hybridized carbons (Fsp3) is 0.316. The lowest BCUT2D eigenvalue weighted by Crippen LogP contribution is -2.23. The number of nitrogens with one attached hydrogen (secondary N) is 1. The van der Waals surface area contributed by atoms with E-state index in [2.05, 4.69) is 15.5 Å². The highest BCUT2D eigenvalue weighted by molar-refractivity contribution is 5.94. The number of benzene rings is 1. The molecular formula is C19H23N5O. The van der Waals surface area contributed by atoms with E-state index in [4.69, 9.17) is 0 Å².